The molecule has 0 heterocycles. The topological polar surface area (TPSA) is 67.4 Å². The molecule has 2 amide bonds. The molecule has 0 aliphatic carbocycles. The van der Waals surface area contributed by atoms with Gasteiger partial charge in [0, 0.05) is 12.1 Å². The molecular weight excluding hydrogens is 376 g/mol. The molecule has 0 saturated carbocycles. The Morgan fingerprint density at radius 2 is 1.67 bits per heavy atom. The van der Waals surface area contributed by atoms with E-state index in [1.54, 1.807) is 31.4 Å². The highest BCUT2D eigenvalue weighted by Gasteiger charge is 2.14. The fraction of sp³-hybridized carbons (Fsp3) is 0.200. The van der Waals surface area contributed by atoms with Gasteiger partial charge in [-0.15, -0.1) is 0 Å². The van der Waals surface area contributed by atoms with Crippen molar-refractivity contribution in [2.24, 2.45) is 0 Å². The van der Waals surface area contributed by atoms with Gasteiger partial charge < -0.3 is 15.4 Å². The van der Waals surface area contributed by atoms with Crippen LogP contribution in [0.1, 0.15) is 27.0 Å². The third-order valence-corrected chi connectivity index (χ3v) is 4.77. The number of nitrogens with one attached hydrogen (secondary N) is 2. The molecule has 5 heteroatoms. The van der Waals surface area contributed by atoms with E-state index in [-0.39, 0.29) is 18.2 Å². The third kappa shape index (κ3) is 5.70. The molecule has 0 aromatic heterocycles. The molecular formula is C25H26N2O3. The van der Waals surface area contributed by atoms with Gasteiger partial charge in [0.25, 0.3) is 5.91 Å². The summed E-state index contributed by atoms with van der Waals surface area (Å²) in [6, 6.07) is 22.7. The first-order chi connectivity index (χ1) is 14.6. The van der Waals surface area contributed by atoms with E-state index in [0.29, 0.717) is 23.5 Å². The fourth-order valence-corrected chi connectivity index (χ4v) is 3.26. The molecule has 0 unspecified atom stereocenters. The maximum atomic E-state index is 12.7. The number of hydrogen-bond donors (Lipinski definition) is 2. The number of hydrogen-bond acceptors (Lipinski definition) is 3. The molecule has 0 aliphatic heterocycles. The zero-order chi connectivity index (χ0) is 21.3. The van der Waals surface area contributed by atoms with Crippen molar-refractivity contribution < 1.29 is 14.3 Å². The van der Waals surface area contributed by atoms with Crippen LogP contribution in [0.3, 0.4) is 0 Å². The second-order valence-corrected chi connectivity index (χ2v) is 7.08. The summed E-state index contributed by atoms with van der Waals surface area (Å²) >= 11 is 0. The Bertz CT molecular complexity index is 1020. The average Bonchev–Trinajstić information content (AvgIpc) is 2.75. The number of carbonyl (C=O) groups excluding carboxylic acids is 2. The second kappa shape index (κ2) is 10.3. The number of amides is 2. The van der Waals surface area contributed by atoms with Crippen LogP contribution in [-0.4, -0.2) is 25.5 Å². The lowest BCUT2D eigenvalue weighted by Gasteiger charge is -2.13. The monoisotopic (exact) mass is 402 g/mol. The van der Waals surface area contributed by atoms with Crippen molar-refractivity contribution in [1.82, 2.24) is 5.32 Å². The van der Waals surface area contributed by atoms with Gasteiger partial charge in [-0.1, -0.05) is 60.2 Å². The van der Waals surface area contributed by atoms with Crippen LogP contribution >= 0.6 is 0 Å². The Balaban J connectivity index is 1.64. The number of aryl methyl sites for hydroxylation is 1. The smallest absolute Gasteiger partial charge is 0.253 e. The fourth-order valence-electron chi connectivity index (χ4n) is 3.26. The van der Waals surface area contributed by atoms with Crippen LogP contribution in [0.2, 0.25) is 0 Å². The Kier molecular flexibility index (Phi) is 7.22. The van der Waals surface area contributed by atoms with Crippen LogP contribution in [0.15, 0.2) is 72.8 Å². The maximum absolute atomic E-state index is 12.7. The van der Waals surface area contributed by atoms with Gasteiger partial charge in [0.05, 0.1) is 24.8 Å². The zero-order valence-electron chi connectivity index (χ0n) is 17.3. The lowest BCUT2D eigenvalue weighted by Crippen LogP contribution is -2.27. The molecule has 0 atom stereocenters. The van der Waals surface area contributed by atoms with Gasteiger partial charge in [0.1, 0.15) is 5.75 Å². The normalized spacial score (nSPS) is 10.3. The number of anilines is 1. The molecule has 3 aromatic rings. The van der Waals surface area contributed by atoms with Crippen molar-refractivity contribution in [1.29, 1.82) is 0 Å². The minimum absolute atomic E-state index is 0.162. The molecule has 3 aromatic carbocycles. The highest BCUT2D eigenvalue weighted by molar-refractivity contribution is 6.04. The molecule has 0 radical (unpaired) electrons. The highest BCUT2D eigenvalue weighted by Crippen LogP contribution is 2.21. The van der Waals surface area contributed by atoms with Crippen molar-refractivity contribution in [3.8, 4) is 5.75 Å². The first-order valence-electron chi connectivity index (χ1n) is 9.91. The predicted octanol–water partition coefficient (Wildman–Crippen LogP) is 4.16. The van der Waals surface area contributed by atoms with E-state index in [1.807, 2.05) is 55.5 Å². The maximum Gasteiger partial charge on any atom is 0.253 e. The number of para-hydroxylation sites is 1. The van der Waals surface area contributed by atoms with Gasteiger partial charge in [-0.25, -0.2) is 0 Å². The minimum Gasteiger partial charge on any atom is -0.496 e. The average molecular weight is 402 g/mol. The Morgan fingerprint density at radius 1 is 0.933 bits per heavy atom. The van der Waals surface area contributed by atoms with E-state index in [0.717, 1.165) is 23.1 Å². The highest BCUT2D eigenvalue weighted by atomic mass is 16.5. The zero-order valence-corrected chi connectivity index (χ0v) is 17.3. The molecule has 0 bridgehead atoms. The van der Waals surface area contributed by atoms with Crippen LogP contribution in [0.4, 0.5) is 5.69 Å². The van der Waals surface area contributed by atoms with Gasteiger partial charge in [0.2, 0.25) is 5.91 Å². The van der Waals surface area contributed by atoms with Gasteiger partial charge in [-0.3, -0.25) is 9.59 Å². The van der Waals surface area contributed by atoms with Crippen LogP contribution in [-0.2, 0) is 17.6 Å². The Morgan fingerprint density at radius 3 is 2.43 bits per heavy atom. The summed E-state index contributed by atoms with van der Waals surface area (Å²) in [5.74, 6) is 0.251. The molecule has 0 spiro atoms. The van der Waals surface area contributed by atoms with Crippen LogP contribution in [0, 0.1) is 6.92 Å². The quantitative estimate of drug-likeness (QED) is 0.595. The molecule has 0 saturated heterocycles. The molecule has 5 nitrogen and oxygen atoms in total. The largest absolute Gasteiger partial charge is 0.496 e. The van der Waals surface area contributed by atoms with E-state index in [4.69, 9.17) is 4.74 Å². The summed E-state index contributed by atoms with van der Waals surface area (Å²) in [7, 11) is 1.58. The van der Waals surface area contributed by atoms with Crippen molar-refractivity contribution in [3.63, 3.8) is 0 Å². The number of carbonyl (C=O) groups is 2. The third-order valence-electron chi connectivity index (χ3n) is 4.77. The lowest BCUT2D eigenvalue weighted by atomic mass is 10.1. The summed E-state index contributed by atoms with van der Waals surface area (Å²) in [5.41, 5.74) is 3.95. The van der Waals surface area contributed by atoms with Crippen LogP contribution < -0.4 is 15.4 Å². The number of ether oxygens (including phenoxy) is 1. The van der Waals surface area contributed by atoms with Crippen LogP contribution in [0.25, 0.3) is 0 Å². The molecule has 154 valence electrons. The van der Waals surface area contributed by atoms with Crippen molar-refractivity contribution in [2.75, 3.05) is 19.0 Å². The SMILES string of the molecule is COc1ccc(C)cc1CC(=O)Nc1ccccc1C(=O)NCCc1ccccc1. The van der Waals surface area contributed by atoms with Crippen molar-refractivity contribution in [2.45, 2.75) is 19.8 Å². The van der Waals surface area contributed by atoms with E-state index >= 15 is 0 Å². The van der Waals surface area contributed by atoms with Crippen molar-refractivity contribution >= 4 is 17.5 Å². The van der Waals surface area contributed by atoms with Crippen molar-refractivity contribution in [3.05, 3.63) is 95.1 Å². The van der Waals surface area contributed by atoms with E-state index in [2.05, 4.69) is 10.6 Å². The summed E-state index contributed by atoms with van der Waals surface area (Å²) in [4.78, 5) is 25.3. The van der Waals surface area contributed by atoms with Crippen LogP contribution in [0.5, 0.6) is 5.75 Å². The van der Waals surface area contributed by atoms with Gasteiger partial charge in [0.15, 0.2) is 0 Å². The lowest BCUT2D eigenvalue weighted by molar-refractivity contribution is -0.115. The molecule has 3 rings (SSSR count). The first kappa shape index (κ1) is 21.1. The Hall–Kier alpha value is -3.60. The number of methoxy groups -OCH3 is 1. The Labute approximate surface area is 177 Å². The predicted molar refractivity (Wildman–Crippen MR) is 119 cm³/mol. The molecule has 0 aliphatic rings. The van der Waals surface area contributed by atoms with E-state index < -0.39 is 0 Å². The summed E-state index contributed by atoms with van der Waals surface area (Å²) < 4.78 is 5.35. The standard InChI is InChI=1S/C25H26N2O3/c1-18-12-13-23(30-2)20(16-18)17-24(28)27-22-11-7-6-10-21(22)25(29)26-15-14-19-8-4-3-5-9-19/h3-13,16H,14-15,17H2,1-2H3,(H,26,29)(H,27,28). The second-order valence-electron chi connectivity index (χ2n) is 7.08. The van der Waals surface area contributed by atoms with E-state index in [1.165, 1.54) is 0 Å². The molecule has 30 heavy (non-hydrogen) atoms. The number of benzene rings is 3. The van der Waals surface area contributed by atoms with Gasteiger partial charge >= 0.3 is 0 Å². The first-order valence-corrected chi connectivity index (χ1v) is 9.91. The van der Waals surface area contributed by atoms with Gasteiger partial charge in [-0.05, 0) is 37.1 Å². The molecule has 0 fully saturated rings. The summed E-state index contributed by atoms with van der Waals surface area (Å²) in [5, 5.41) is 5.79. The summed E-state index contributed by atoms with van der Waals surface area (Å²) in [6.45, 7) is 2.49. The number of rotatable bonds is 8. The minimum atomic E-state index is -0.213. The molecule has 2 N–H and O–H groups in total. The van der Waals surface area contributed by atoms with Gasteiger partial charge in [-0.2, -0.15) is 0 Å². The summed E-state index contributed by atoms with van der Waals surface area (Å²) in [6.07, 6.45) is 0.906. The van der Waals surface area contributed by atoms with E-state index in [9.17, 15) is 9.59 Å².